The highest BCUT2D eigenvalue weighted by Gasteiger charge is 2.23. The molecule has 3 N–H and O–H groups in total. The molecule has 0 unspecified atom stereocenters. The third kappa shape index (κ3) is 2.96. The Balaban J connectivity index is 1.64. The molecule has 1 aliphatic carbocycles. The quantitative estimate of drug-likeness (QED) is 0.709. The molecule has 7 heteroatoms. The van der Waals surface area contributed by atoms with E-state index < -0.39 is 11.7 Å². The van der Waals surface area contributed by atoms with E-state index in [9.17, 15) is 9.18 Å². The van der Waals surface area contributed by atoms with Gasteiger partial charge in [-0.15, -0.1) is 0 Å². The van der Waals surface area contributed by atoms with Gasteiger partial charge in [-0.3, -0.25) is 4.79 Å². The van der Waals surface area contributed by atoms with Gasteiger partial charge in [0.1, 0.15) is 22.9 Å². The molecule has 0 atom stereocenters. The molecule has 28 heavy (non-hydrogen) atoms. The van der Waals surface area contributed by atoms with Crippen LogP contribution < -0.4 is 15.8 Å². The van der Waals surface area contributed by atoms with Gasteiger partial charge in [-0.25, -0.2) is 9.37 Å². The number of aryl methyl sites for hydroxylation is 1. The predicted octanol–water partition coefficient (Wildman–Crippen LogP) is 3.55. The Morgan fingerprint density at radius 1 is 1.32 bits per heavy atom. The molecule has 1 amide bonds. The Bertz CT molecular complexity index is 1090. The molecule has 0 saturated heterocycles. The number of amides is 1. The maximum absolute atomic E-state index is 13.9. The molecule has 0 bridgehead atoms. The van der Waals surface area contributed by atoms with Crippen LogP contribution in [-0.4, -0.2) is 28.6 Å². The highest BCUT2D eigenvalue weighted by Crippen LogP contribution is 2.37. The average Bonchev–Trinajstić information content (AvgIpc) is 3.46. The number of nitrogens with two attached hydrogens (primary N) is 1. The lowest BCUT2D eigenvalue weighted by molar-refractivity contribution is 0.0996. The molecule has 1 aromatic heterocycles. The van der Waals surface area contributed by atoms with Crippen molar-refractivity contribution in [3.63, 3.8) is 0 Å². The van der Waals surface area contributed by atoms with Gasteiger partial charge in [-0.05, 0) is 49.4 Å². The Kier molecular flexibility index (Phi) is 3.96. The van der Waals surface area contributed by atoms with Crippen molar-refractivity contribution in [1.29, 1.82) is 0 Å². The van der Waals surface area contributed by atoms with E-state index >= 15 is 0 Å². The van der Waals surface area contributed by atoms with Crippen molar-refractivity contribution >= 4 is 22.6 Å². The Morgan fingerprint density at radius 3 is 2.96 bits per heavy atom. The lowest BCUT2D eigenvalue weighted by Gasteiger charge is -2.10. The van der Waals surface area contributed by atoms with Gasteiger partial charge in [0.15, 0.2) is 0 Å². The number of primary amides is 1. The summed E-state index contributed by atoms with van der Waals surface area (Å²) < 4.78 is 22.0. The average molecular weight is 380 g/mol. The van der Waals surface area contributed by atoms with E-state index in [2.05, 4.69) is 9.88 Å². The number of carbonyl (C=O) groups is 1. The zero-order chi connectivity index (χ0) is 19.3. The number of ether oxygens (including phenoxy) is 1. The summed E-state index contributed by atoms with van der Waals surface area (Å²) in [6, 6.07) is 8.41. The minimum absolute atomic E-state index is 0.130. The van der Waals surface area contributed by atoms with Crippen molar-refractivity contribution in [3.8, 4) is 17.1 Å². The number of halogens is 1. The van der Waals surface area contributed by atoms with Gasteiger partial charge < -0.3 is 20.4 Å². The normalized spacial score (nSPS) is 15.9. The molecule has 2 heterocycles. The molecule has 5 rings (SSSR count). The smallest absolute Gasteiger partial charge is 0.251 e. The van der Waals surface area contributed by atoms with Gasteiger partial charge in [0, 0.05) is 30.4 Å². The maximum atomic E-state index is 13.9. The Hall–Kier alpha value is -3.09. The zero-order valence-electron chi connectivity index (χ0n) is 15.4. The summed E-state index contributed by atoms with van der Waals surface area (Å²) in [4.78, 5) is 16.4. The standard InChI is InChI=1S/C21H21FN4O2/c22-16-5-4-13(8-15(16)20(23)27)21-25-17-9-14(24-11-12-2-3-12)10-18-19(17)26(21)6-1-7-28-18/h4-5,8-10,12,24H,1-3,6-7,11H2,(H2,23,27). The summed E-state index contributed by atoms with van der Waals surface area (Å²) in [7, 11) is 0. The number of hydrogen-bond donors (Lipinski definition) is 2. The van der Waals surface area contributed by atoms with Crippen molar-refractivity contribution in [3.05, 3.63) is 41.7 Å². The van der Waals surface area contributed by atoms with Crippen LogP contribution in [0.25, 0.3) is 22.4 Å². The molecule has 3 aromatic rings. The molecule has 2 aromatic carbocycles. The SMILES string of the molecule is NC(=O)c1cc(-c2nc3cc(NCC4CC4)cc4c3n2CCCO4)ccc1F. The number of nitrogens with one attached hydrogen (secondary N) is 1. The summed E-state index contributed by atoms with van der Waals surface area (Å²) in [5.74, 6) is 0.823. The first kappa shape index (κ1) is 17.0. The lowest BCUT2D eigenvalue weighted by atomic mass is 10.1. The summed E-state index contributed by atoms with van der Waals surface area (Å²) in [6.07, 6.45) is 3.40. The highest BCUT2D eigenvalue weighted by molar-refractivity contribution is 5.95. The number of nitrogens with zero attached hydrogens (tertiary/aromatic N) is 2. The van der Waals surface area contributed by atoms with Gasteiger partial charge in [0.25, 0.3) is 5.91 Å². The minimum Gasteiger partial charge on any atom is -0.491 e. The fourth-order valence-corrected chi connectivity index (χ4v) is 3.72. The molecular weight excluding hydrogens is 359 g/mol. The van der Waals surface area contributed by atoms with Crippen LogP contribution in [0.5, 0.6) is 5.75 Å². The second-order valence-electron chi connectivity index (χ2n) is 7.51. The topological polar surface area (TPSA) is 82.2 Å². The van der Waals surface area contributed by atoms with Gasteiger partial charge in [0.05, 0.1) is 17.7 Å². The fourth-order valence-electron chi connectivity index (χ4n) is 3.72. The highest BCUT2D eigenvalue weighted by atomic mass is 19.1. The number of imidazole rings is 1. The second-order valence-corrected chi connectivity index (χ2v) is 7.51. The van der Waals surface area contributed by atoms with Crippen molar-refractivity contribution in [2.75, 3.05) is 18.5 Å². The second kappa shape index (κ2) is 6.51. The van der Waals surface area contributed by atoms with Crippen LogP contribution in [-0.2, 0) is 6.54 Å². The molecule has 144 valence electrons. The van der Waals surface area contributed by atoms with Gasteiger partial charge in [-0.1, -0.05) is 0 Å². The van der Waals surface area contributed by atoms with E-state index in [0.717, 1.165) is 47.9 Å². The third-order valence-corrected chi connectivity index (χ3v) is 5.37. The maximum Gasteiger partial charge on any atom is 0.251 e. The van der Waals surface area contributed by atoms with Crippen LogP contribution in [0.2, 0.25) is 0 Å². The molecule has 1 fully saturated rings. The van der Waals surface area contributed by atoms with Crippen LogP contribution >= 0.6 is 0 Å². The first-order valence-corrected chi connectivity index (χ1v) is 9.61. The number of aromatic nitrogens is 2. The first-order valence-electron chi connectivity index (χ1n) is 9.61. The van der Waals surface area contributed by atoms with E-state index in [1.165, 1.54) is 25.0 Å². The van der Waals surface area contributed by atoms with Crippen LogP contribution in [0.1, 0.15) is 29.6 Å². The van der Waals surface area contributed by atoms with E-state index in [0.29, 0.717) is 18.0 Å². The van der Waals surface area contributed by atoms with Gasteiger partial charge in [0.2, 0.25) is 0 Å². The van der Waals surface area contributed by atoms with Crippen LogP contribution in [0.15, 0.2) is 30.3 Å². The minimum atomic E-state index is -0.790. The summed E-state index contributed by atoms with van der Waals surface area (Å²) in [6.45, 7) is 2.31. The molecular formula is C21H21FN4O2. The van der Waals surface area contributed by atoms with E-state index in [4.69, 9.17) is 15.5 Å². The van der Waals surface area contributed by atoms with Crippen molar-refractivity contribution in [1.82, 2.24) is 9.55 Å². The summed E-state index contributed by atoms with van der Waals surface area (Å²) >= 11 is 0. The number of hydrogen-bond acceptors (Lipinski definition) is 4. The first-order chi connectivity index (χ1) is 13.6. The molecule has 6 nitrogen and oxygen atoms in total. The monoisotopic (exact) mass is 380 g/mol. The largest absolute Gasteiger partial charge is 0.491 e. The Morgan fingerprint density at radius 2 is 2.18 bits per heavy atom. The molecule has 1 saturated carbocycles. The molecule has 0 radical (unpaired) electrons. The van der Waals surface area contributed by atoms with Crippen molar-refractivity contribution < 1.29 is 13.9 Å². The van der Waals surface area contributed by atoms with Gasteiger partial charge in [-0.2, -0.15) is 0 Å². The number of anilines is 1. The number of benzene rings is 2. The zero-order valence-corrected chi connectivity index (χ0v) is 15.4. The number of rotatable bonds is 5. The van der Waals surface area contributed by atoms with Gasteiger partial charge >= 0.3 is 0 Å². The molecule has 1 aliphatic heterocycles. The van der Waals surface area contributed by atoms with E-state index in [1.54, 1.807) is 6.07 Å². The van der Waals surface area contributed by atoms with Crippen molar-refractivity contribution in [2.45, 2.75) is 25.8 Å². The summed E-state index contributed by atoms with van der Waals surface area (Å²) in [5, 5.41) is 3.48. The van der Waals surface area contributed by atoms with Crippen LogP contribution in [0.4, 0.5) is 10.1 Å². The predicted molar refractivity (Wildman–Crippen MR) is 105 cm³/mol. The Labute approximate surface area is 161 Å². The van der Waals surface area contributed by atoms with E-state index in [1.807, 2.05) is 12.1 Å². The third-order valence-electron chi connectivity index (χ3n) is 5.37. The van der Waals surface area contributed by atoms with Crippen LogP contribution in [0, 0.1) is 11.7 Å². The number of carbonyl (C=O) groups excluding carboxylic acids is 1. The van der Waals surface area contributed by atoms with E-state index in [-0.39, 0.29) is 5.56 Å². The fraction of sp³-hybridized carbons (Fsp3) is 0.333. The lowest BCUT2D eigenvalue weighted by Crippen LogP contribution is -2.13. The molecule has 2 aliphatic rings. The summed E-state index contributed by atoms with van der Waals surface area (Å²) in [5.41, 5.74) is 8.58. The van der Waals surface area contributed by atoms with Crippen molar-refractivity contribution in [2.24, 2.45) is 11.7 Å². The van der Waals surface area contributed by atoms with Crippen LogP contribution in [0.3, 0.4) is 0 Å². The molecule has 0 spiro atoms.